The lowest BCUT2D eigenvalue weighted by molar-refractivity contribution is -0.115. The van der Waals surface area contributed by atoms with Crippen LogP contribution in [0.25, 0.3) is 10.2 Å². The van der Waals surface area contributed by atoms with Crippen LogP contribution >= 0.6 is 11.3 Å². The first-order valence-electron chi connectivity index (χ1n) is 8.14. The van der Waals surface area contributed by atoms with Gasteiger partial charge in [0.15, 0.2) is 14.6 Å². The molecular formula is C19H20N2O3S2. The second-order valence-electron chi connectivity index (χ2n) is 6.40. The lowest BCUT2D eigenvalue weighted by Crippen LogP contribution is -2.20. The molecule has 0 saturated carbocycles. The number of carbonyl (C=O) groups excluding carboxylic acids is 1. The molecule has 1 heterocycles. The largest absolute Gasteiger partial charge is 0.319 e. The van der Waals surface area contributed by atoms with Crippen LogP contribution in [-0.2, 0) is 27.4 Å². The summed E-state index contributed by atoms with van der Waals surface area (Å²) >= 11 is 1.40. The molecule has 0 atom stereocenters. The minimum Gasteiger partial charge on any atom is -0.319 e. The maximum Gasteiger partial charge on any atom is 0.263 e. The molecule has 0 radical (unpaired) electrons. The molecule has 0 aliphatic rings. The van der Waals surface area contributed by atoms with Gasteiger partial charge in [0.05, 0.1) is 16.0 Å². The van der Waals surface area contributed by atoms with E-state index in [1.807, 2.05) is 37.6 Å². The number of rotatable bonds is 4. The van der Waals surface area contributed by atoms with E-state index in [4.69, 9.17) is 0 Å². The monoisotopic (exact) mass is 388 g/mol. The van der Waals surface area contributed by atoms with Gasteiger partial charge in [-0.05, 0) is 36.6 Å². The van der Waals surface area contributed by atoms with Crippen molar-refractivity contribution in [1.82, 2.24) is 4.57 Å². The molecular weight excluding hydrogens is 368 g/mol. The number of aromatic nitrogens is 1. The van der Waals surface area contributed by atoms with Gasteiger partial charge in [-0.3, -0.25) is 4.79 Å². The van der Waals surface area contributed by atoms with Crippen LogP contribution in [-0.4, -0.2) is 24.6 Å². The van der Waals surface area contributed by atoms with E-state index in [0.29, 0.717) is 10.4 Å². The molecule has 0 fully saturated rings. The highest BCUT2D eigenvalue weighted by Crippen LogP contribution is 2.22. The number of fused-ring (bicyclic) bond motifs is 1. The predicted molar refractivity (Wildman–Crippen MR) is 105 cm³/mol. The van der Waals surface area contributed by atoms with Crippen LogP contribution in [0.2, 0.25) is 0 Å². The van der Waals surface area contributed by atoms with E-state index < -0.39 is 21.5 Å². The van der Waals surface area contributed by atoms with Gasteiger partial charge < -0.3 is 4.57 Å². The van der Waals surface area contributed by atoms with E-state index >= 15 is 0 Å². The minimum absolute atomic E-state index is 0.161. The zero-order valence-corrected chi connectivity index (χ0v) is 16.5. The van der Waals surface area contributed by atoms with Gasteiger partial charge in [0.25, 0.3) is 5.91 Å². The molecule has 2 aromatic carbocycles. The SMILES string of the molecule is Cc1cc(C)c2sc(=NC(=O)CS(=O)(=O)Cc3ccccc3)n(C)c2c1. The summed E-state index contributed by atoms with van der Waals surface area (Å²) in [6.45, 7) is 4.03. The summed E-state index contributed by atoms with van der Waals surface area (Å²) in [5, 5.41) is 0. The Morgan fingerprint density at radius 3 is 2.54 bits per heavy atom. The molecule has 7 heteroatoms. The average molecular weight is 389 g/mol. The van der Waals surface area contributed by atoms with Crippen LogP contribution in [0.4, 0.5) is 0 Å². The van der Waals surface area contributed by atoms with Crippen molar-refractivity contribution in [2.24, 2.45) is 12.0 Å². The number of thiazole rings is 1. The summed E-state index contributed by atoms with van der Waals surface area (Å²) in [7, 11) is -1.72. The Kier molecular flexibility index (Phi) is 5.11. The molecule has 3 rings (SSSR count). The Balaban J connectivity index is 1.88. The molecule has 0 spiro atoms. The average Bonchev–Trinajstić information content (AvgIpc) is 2.84. The molecule has 1 aromatic heterocycles. The quantitative estimate of drug-likeness (QED) is 0.690. The Hall–Kier alpha value is -2.25. The Morgan fingerprint density at radius 1 is 1.15 bits per heavy atom. The van der Waals surface area contributed by atoms with E-state index in [1.54, 1.807) is 24.3 Å². The molecule has 0 aliphatic carbocycles. The van der Waals surface area contributed by atoms with Crippen molar-refractivity contribution in [1.29, 1.82) is 0 Å². The fourth-order valence-electron chi connectivity index (χ4n) is 2.88. The normalized spacial score (nSPS) is 12.7. The van der Waals surface area contributed by atoms with Gasteiger partial charge in [-0.15, -0.1) is 0 Å². The molecule has 136 valence electrons. The maximum atomic E-state index is 12.3. The Labute approximate surface area is 156 Å². The zero-order chi connectivity index (χ0) is 18.9. The van der Waals surface area contributed by atoms with Gasteiger partial charge in [0, 0.05) is 7.05 Å². The first-order valence-corrected chi connectivity index (χ1v) is 10.8. The van der Waals surface area contributed by atoms with Crippen LogP contribution in [0.1, 0.15) is 16.7 Å². The van der Waals surface area contributed by atoms with Crippen LogP contribution in [0, 0.1) is 13.8 Å². The number of hydrogen-bond donors (Lipinski definition) is 0. The van der Waals surface area contributed by atoms with Gasteiger partial charge in [0.1, 0.15) is 5.75 Å². The standard InChI is InChI=1S/C19H20N2O3S2/c1-13-9-14(2)18-16(10-13)21(3)19(25-18)20-17(22)12-26(23,24)11-15-7-5-4-6-8-15/h4-10H,11-12H2,1-3H3. The number of benzene rings is 2. The highest BCUT2D eigenvalue weighted by Gasteiger charge is 2.17. The van der Waals surface area contributed by atoms with Crippen molar-refractivity contribution in [3.63, 3.8) is 0 Å². The van der Waals surface area contributed by atoms with Crippen molar-refractivity contribution in [2.75, 3.05) is 5.75 Å². The number of nitrogens with zero attached hydrogens (tertiary/aromatic N) is 2. The second kappa shape index (κ2) is 7.17. The van der Waals surface area contributed by atoms with Crippen molar-refractivity contribution >= 4 is 37.3 Å². The third-order valence-corrected chi connectivity index (χ3v) is 6.78. The number of hydrogen-bond acceptors (Lipinski definition) is 4. The summed E-state index contributed by atoms with van der Waals surface area (Å²) in [6.07, 6.45) is 0. The summed E-state index contributed by atoms with van der Waals surface area (Å²) in [5.41, 5.74) is 3.91. The molecule has 0 aliphatic heterocycles. The van der Waals surface area contributed by atoms with Gasteiger partial charge in [0.2, 0.25) is 0 Å². The fourth-order valence-corrected chi connectivity index (χ4v) is 5.21. The third kappa shape index (κ3) is 4.11. The molecule has 0 N–H and O–H groups in total. The summed E-state index contributed by atoms with van der Waals surface area (Å²) in [6, 6.07) is 13.0. The lowest BCUT2D eigenvalue weighted by Gasteiger charge is -2.02. The first kappa shape index (κ1) is 18.5. The number of aryl methyl sites for hydroxylation is 3. The lowest BCUT2D eigenvalue weighted by atomic mass is 10.1. The maximum absolute atomic E-state index is 12.3. The van der Waals surface area contributed by atoms with Crippen molar-refractivity contribution < 1.29 is 13.2 Å². The minimum atomic E-state index is -3.56. The van der Waals surface area contributed by atoms with Gasteiger partial charge >= 0.3 is 0 Å². The zero-order valence-electron chi connectivity index (χ0n) is 14.9. The van der Waals surface area contributed by atoms with Crippen molar-refractivity contribution in [2.45, 2.75) is 19.6 Å². The van der Waals surface area contributed by atoms with Crippen LogP contribution in [0.5, 0.6) is 0 Å². The van der Waals surface area contributed by atoms with E-state index in [0.717, 1.165) is 21.3 Å². The Morgan fingerprint density at radius 2 is 1.85 bits per heavy atom. The highest BCUT2D eigenvalue weighted by atomic mass is 32.2. The molecule has 26 heavy (non-hydrogen) atoms. The van der Waals surface area contributed by atoms with E-state index in [-0.39, 0.29) is 5.75 Å². The van der Waals surface area contributed by atoms with Gasteiger partial charge in [-0.1, -0.05) is 47.7 Å². The van der Waals surface area contributed by atoms with Crippen LogP contribution in [0.3, 0.4) is 0 Å². The number of amides is 1. The topological polar surface area (TPSA) is 68.5 Å². The molecule has 0 saturated heterocycles. The highest BCUT2D eigenvalue weighted by molar-refractivity contribution is 7.91. The molecule has 0 unspecified atom stereocenters. The first-order chi connectivity index (χ1) is 12.2. The van der Waals surface area contributed by atoms with Gasteiger partial charge in [-0.2, -0.15) is 4.99 Å². The van der Waals surface area contributed by atoms with E-state index in [1.165, 1.54) is 11.3 Å². The van der Waals surface area contributed by atoms with E-state index in [9.17, 15) is 13.2 Å². The van der Waals surface area contributed by atoms with Crippen LogP contribution in [0.15, 0.2) is 47.5 Å². The Bertz CT molecular complexity index is 1140. The summed E-state index contributed by atoms with van der Waals surface area (Å²) in [4.78, 5) is 16.8. The predicted octanol–water partition coefficient (Wildman–Crippen LogP) is 2.90. The molecule has 0 bridgehead atoms. The van der Waals surface area contributed by atoms with Crippen molar-refractivity contribution in [3.8, 4) is 0 Å². The third-order valence-electron chi connectivity index (χ3n) is 4.03. The smallest absolute Gasteiger partial charge is 0.263 e. The second-order valence-corrected chi connectivity index (χ2v) is 9.44. The molecule has 1 amide bonds. The van der Waals surface area contributed by atoms with Gasteiger partial charge in [-0.25, -0.2) is 8.42 Å². The molecule has 5 nitrogen and oxygen atoms in total. The molecule has 3 aromatic rings. The summed E-state index contributed by atoms with van der Waals surface area (Å²) in [5.74, 6) is -1.39. The van der Waals surface area contributed by atoms with Crippen molar-refractivity contribution in [3.05, 3.63) is 64.0 Å². The fraction of sp³-hybridized carbons (Fsp3) is 0.263. The number of carbonyl (C=O) groups is 1. The van der Waals surface area contributed by atoms with E-state index in [2.05, 4.69) is 11.1 Å². The summed E-state index contributed by atoms with van der Waals surface area (Å²) < 4.78 is 27.4. The van der Waals surface area contributed by atoms with Crippen LogP contribution < -0.4 is 4.80 Å². The number of sulfone groups is 1.